The maximum absolute atomic E-state index is 12.4. The zero-order chi connectivity index (χ0) is 38.7. The molecule has 2 N–H and O–H groups in total. The highest BCUT2D eigenvalue weighted by Gasteiger charge is 2.36. The summed E-state index contributed by atoms with van der Waals surface area (Å²) in [7, 11) is -4.79. The SMILES string of the molecule is CC/C=C\C/C=C\C/C=C\C/C=C\C/C=C\C/C=C\CCC(=O)O[C@H](COC(=O)CCCCCCCC1OC1C/C=C\CCCCC)COP(=O)(O)O. The minimum atomic E-state index is -4.79. The van der Waals surface area contributed by atoms with Crippen LogP contribution in [0.25, 0.3) is 0 Å². The number of rotatable bonds is 34. The summed E-state index contributed by atoms with van der Waals surface area (Å²) >= 11 is 0. The fraction of sp³-hybridized carbons (Fsp3) is 0.628. The Bertz CT molecular complexity index is 1190. The second kappa shape index (κ2) is 33.7. The first-order chi connectivity index (χ1) is 25.7. The van der Waals surface area contributed by atoms with Gasteiger partial charge in [-0.05, 0) is 77.0 Å². The number of allylic oxidation sites excluding steroid dienone is 13. The fourth-order valence-electron chi connectivity index (χ4n) is 5.29. The third-order valence-corrected chi connectivity index (χ3v) is 8.82. The maximum atomic E-state index is 12.4. The molecule has 0 spiro atoms. The second-order valence-corrected chi connectivity index (χ2v) is 14.5. The zero-order valence-corrected chi connectivity index (χ0v) is 33.5. The average Bonchev–Trinajstić information content (AvgIpc) is 3.88. The molecule has 0 aromatic heterocycles. The van der Waals surface area contributed by atoms with Crippen molar-refractivity contribution in [1.82, 2.24) is 0 Å². The molecule has 1 aliphatic heterocycles. The van der Waals surface area contributed by atoms with Gasteiger partial charge in [0.25, 0.3) is 0 Å². The number of hydrogen-bond donors (Lipinski definition) is 2. The number of esters is 2. The third-order valence-electron chi connectivity index (χ3n) is 8.34. The molecular weight excluding hydrogens is 691 g/mol. The van der Waals surface area contributed by atoms with Crippen LogP contribution in [0.4, 0.5) is 0 Å². The Balaban J connectivity index is 2.16. The lowest BCUT2D eigenvalue weighted by Gasteiger charge is -2.18. The van der Waals surface area contributed by atoms with Crippen molar-refractivity contribution in [2.45, 2.75) is 161 Å². The van der Waals surface area contributed by atoms with Crippen molar-refractivity contribution >= 4 is 19.8 Å². The number of epoxide rings is 1. The zero-order valence-electron chi connectivity index (χ0n) is 32.6. The van der Waals surface area contributed by atoms with Crippen LogP contribution < -0.4 is 0 Å². The van der Waals surface area contributed by atoms with E-state index in [0.717, 1.165) is 83.5 Å². The molecule has 10 heteroatoms. The first-order valence-electron chi connectivity index (χ1n) is 20.0. The first-order valence-corrected chi connectivity index (χ1v) is 21.5. The highest BCUT2D eigenvalue weighted by molar-refractivity contribution is 7.46. The van der Waals surface area contributed by atoms with Gasteiger partial charge in [-0.2, -0.15) is 0 Å². The van der Waals surface area contributed by atoms with Crippen LogP contribution >= 0.6 is 7.82 Å². The molecule has 0 aromatic rings. The lowest BCUT2D eigenvalue weighted by atomic mass is 10.1. The van der Waals surface area contributed by atoms with E-state index in [0.29, 0.717) is 25.0 Å². The Kier molecular flexibility index (Phi) is 30.7. The van der Waals surface area contributed by atoms with Gasteiger partial charge in [0.1, 0.15) is 6.61 Å². The summed E-state index contributed by atoms with van der Waals surface area (Å²) in [6, 6.07) is 0. The van der Waals surface area contributed by atoms with Crippen molar-refractivity contribution in [3.8, 4) is 0 Å². The minimum Gasteiger partial charge on any atom is -0.462 e. The van der Waals surface area contributed by atoms with Gasteiger partial charge in [0.05, 0.1) is 18.8 Å². The molecule has 0 bridgehead atoms. The van der Waals surface area contributed by atoms with Crippen LogP contribution in [0, 0.1) is 0 Å². The molecule has 0 radical (unpaired) electrons. The van der Waals surface area contributed by atoms with Crippen molar-refractivity contribution in [1.29, 1.82) is 0 Å². The number of unbranched alkanes of at least 4 members (excludes halogenated alkanes) is 7. The van der Waals surface area contributed by atoms with Crippen LogP contribution in [-0.2, 0) is 32.9 Å². The standard InChI is InChI=1S/C43H69O9P/c1-3-5-7-9-11-12-13-14-15-16-17-18-19-20-21-22-23-27-32-36-43(45)51-39(38-50-53(46,47)48)37-49-42(44)35-31-28-24-26-30-34-41-40(52-41)33-29-25-10-8-6-4-2/h5,7,11-12,14-15,17-18,20-21,23,25,27,29,39-41H,3-4,6,8-10,13,16,19,22,24,26,28,30-38H2,1-2H3,(H2,46,47,48)/b7-5-,12-11-,15-14-,18-17-,21-20-,27-23-,29-25-/t39-,40?,41?/m1/s1. The maximum Gasteiger partial charge on any atom is 0.469 e. The molecule has 0 aromatic carbocycles. The Morgan fingerprint density at radius 2 is 1.19 bits per heavy atom. The van der Waals surface area contributed by atoms with Crippen LogP contribution in [0.1, 0.15) is 142 Å². The van der Waals surface area contributed by atoms with Gasteiger partial charge >= 0.3 is 19.8 Å². The third kappa shape index (κ3) is 33.5. The van der Waals surface area contributed by atoms with E-state index in [9.17, 15) is 14.2 Å². The van der Waals surface area contributed by atoms with Gasteiger partial charge in [0, 0.05) is 12.8 Å². The molecule has 0 saturated carbocycles. The number of phosphoric acid groups is 1. The summed E-state index contributed by atoms with van der Waals surface area (Å²) in [6.07, 6.45) is 47.6. The first kappa shape index (κ1) is 48.2. The Labute approximate surface area is 320 Å². The summed E-state index contributed by atoms with van der Waals surface area (Å²) in [5.41, 5.74) is 0. The number of carbonyl (C=O) groups excluding carboxylic acids is 2. The van der Waals surface area contributed by atoms with E-state index < -0.39 is 32.5 Å². The van der Waals surface area contributed by atoms with Crippen molar-refractivity contribution in [2.24, 2.45) is 0 Å². The van der Waals surface area contributed by atoms with E-state index in [1.165, 1.54) is 19.3 Å². The van der Waals surface area contributed by atoms with Gasteiger partial charge in [-0.1, -0.05) is 137 Å². The van der Waals surface area contributed by atoms with Crippen LogP contribution in [0.5, 0.6) is 0 Å². The van der Waals surface area contributed by atoms with Crippen molar-refractivity contribution < 1.29 is 42.7 Å². The normalized spacial score (nSPS) is 17.2. The Morgan fingerprint density at radius 1 is 0.623 bits per heavy atom. The fourth-order valence-corrected chi connectivity index (χ4v) is 5.65. The number of phosphoric ester groups is 1. The molecule has 300 valence electrons. The van der Waals surface area contributed by atoms with Crippen LogP contribution in [0.3, 0.4) is 0 Å². The van der Waals surface area contributed by atoms with E-state index >= 15 is 0 Å². The summed E-state index contributed by atoms with van der Waals surface area (Å²) in [6.45, 7) is 3.44. The molecule has 1 aliphatic rings. The van der Waals surface area contributed by atoms with Crippen LogP contribution in [0.15, 0.2) is 85.1 Å². The van der Waals surface area contributed by atoms with Gasteiger partial charge in [0.2, 0.25) is 0 Å². The van der Waals surface area contributed by atoms with Crippen LogP contribution in [0.2, 0.25) is 0 Å². The van der Waals surface area contributed by atoms with Gasteiger partial charge in [-0.25, -0.2) is 4.57 Å². The van der Waals surface area contributed by atoms with Crippen molar-refractivity contribution in [3.05, 3.63) is 85.1 Å². The van der Waals surface area contributed by atoms with Gasteiger partial charge in [-0.15, -0.1) is 0 Å². The van der Waals surface area contributed by atoms with E-state index in [1.807, 2.05) is 12.2 Å². The highest BCUT2D eigenvalue weighted by atomic mass is 31.2. The number of carbonyl (C=O) groups is 2. The summed E-state index contributed by atoms with van der Waals surface area (Å²) < 4.78 is 32.1. The van der Waals surface area contributed by atoms with E-state index in [2.05, 4.69) is 91.3 Å². The quantitative estimate of drug-likeness (QED) is 0.0216. The topological polar surface area (TPSA) is 132 Å². The average molecular weight is 761 g/mol. The smallest absolute Gasteiger partial charge is 0.462 e. The van der Waals surface area contributed by atoms with Gasteiger partial charge in [0.15, 0.2) is 6.10 Å². The van der Waals surface area contributed by atoms with Crippen molar-refractivity contribution in [3.63, 3.8) is 0 Å². The molecule has 9 nitrogen and oxygen atoms in total. The molecule has 1 fully saturated rings. The second-order valence-electron chi connectivity index (χ2n) is 13.3. The number of ether oxygens (including phenoxy) is 3. The Hall–Kier alpha value is -2.81. The van der Waals surface area contributed by atoms with Gasteiger partial charge < -0.3 is 24.0 Å². The summed E-state index contributed by atoms with van der Waals surface area (Å²) in [5, 5.41) is 0. The molecule has 1 heterocycles. The van der Waals surface area contributed by atoms with E-state index in [4.69, 9.17) is 24.0 Å². The largest absolute Gasteiger partial charge is 0.469 e. The lowest BCUT2D eigenvalue weighted by molar-refractivity contribution is -0.161. The molecule has 2 unspecified atom stereocenters. The molecule has 1 rings (SSSR count). The predicted molar refractivity (Wildman–Crippen MR) is 215 cm³/mol. The summed E-state index contributed by atoms with van der Waals surface area (Å²) in [4.78, 5) is 42.8. The van der Waals surface area contributed by atoms with Crippen molar-refractivity contribution in [2.75, 3.05) is 13.2 Å². The van der Waals surface area contributed by atoms with Gasteiger partial charge in [-0.3, -0.25) is 14.1 Å². The van der Waals surface area contributed by atoms with Crippen LogP contribution in [-0.4, -0.2) is 53.3 Å². The molecule has 3 atom stereocenters. The molecule has 0 amide bonds. The molecular formula is C43H69O9P. The number of hydrogen-bond acceptors (Lipinski definition) is 7. The molecule has 1 saturated heterocycles. The monoisotopic (exact) mass is 760 g/mol. The molecule has 53 heavy (non-hydrogen) atoms. The van der Waals surface area contributed by atoms with E-state index in [1.54, 1.807) is 0 Å². The minimum absolute atomic E-state index is 0.0756. The lowest BCUT2D eigenvalue weighted by Crippen LogP contribution is -2.29. The summed E-state index contributed by atoms with van der Waals surface area (Å²) in [5.74, 6) is -1.01. The van der Waals surface area contributed by atoms with E-state index in [-0.39, 0.29) is 19.4 Å². The predicted octanol–water partition coefficient (Wildman–Crippen LogP) is 11.1. The molecule has 0 aliphatic carbocycles. The Morgan fingerprint density at radius 3 is 1.79 bits per heavy atom. The highest BCUT2D eigenvalue weighted by Crippen LogP contribution is 2.36.